The number of ether oxygens (including phenoxy) is 1. The molecule has 0 radical (unpaired) electrons. The van der Waals surface area contributed by atoms with Crippen molar-refractivity contribution in [1.82, 2.24) is 14.9 Å². The van der Waals surface area contributed by atoms with E-state index >= 15 is 0 Å². The van der Waals surface area contributed by atoms with Gasteiger partial charge in [0.25, 0.3) is 5.91 Å². The first-order chi connectivity index (χ1) is 16.1. The Labute approximate surface area is 199 Å². The Bertz CT molecular complexity index is 1540. The summed E-state index contributed by atoms with van der Waals surface area (Å²) < 4.78 is 6.99. The second-order valence-corrected chi connectivity index (χ2v) is 9.62. The fourth-order valence-electron chi connectivity index (χ4n) is 4.36. The molecular formula is C26H20ClN3O2S. The standard InChI is InChI=1S/C26H20ClN3O2S/c1-15-28-20-8-6-17(13-21(20)29-15)16-7-9-22-18(12-16)14-30(10-11-32-22)26(31)25-24(27)19-4-2-3-5-23(19)33-25/h2-9,12-13H,10-11,14H2,1H3,(H,28,29). The number of thiophene rings is 1. The van der Waals surface area contributed by atoms with Gasteiger partial charge < -0.3 is 14.6 Å². The molecular weight excluding hydrogens is 454 g/mol. The molecule has 0 bridgehead atoms. The van der Waals surface area contributed by atoms with Crippen molar-refractivity contribution in [1.29, 1.82) is 0 Å². The lowest BCUT2D eigenvalue weighted by molar-refractivity contribution is 0.0738. The number of rotatable bonds is 2. The number of halogens is 1. The van der Waals surface area contributed by atoms with Crippen molar-refractivity contribution in [2.75, 3.05) is 13.2 Å². The predicted molar refractivity (Wildman–Crippen MR) is 133 cm³/mol. The van der Waals surface area contributed by atoms with Gasteiger partial charge in [-0.2, -0.15) is 0 Å². The van der Waals surface area contributed by atoms with Crippen molar-refractivity contribution >= 4 is 50.0 Å². The first-order valence-corrected chi connectivity index (χ1v) is 11.9. The summed E-state index contributed by atoms with van der Waals surface area (Å²) in [7, 11) is 0. The number of imidazole rings is 1. The minimum Gasteiger partial charge on any atom is -0.491 e. The summed E-state index contributed by atoms with van der Waals surface area (Å²) >= 11 is 8.03. The first kappa shape index (κ1) is 20.3. The molecule has 5 aromatic rings. The Hall–Kier alpha value is -3.35. The highest BCUT2D eigenvalue weighted by Gasteiger charge is 2.25. The number of benzene rings is 3. The number of amides is 1. The smallest absolute Gasteiger partial charge is 0.265 e. The van der Waals surface area contributed by atoms with Crippen LogP contribution in [0, 0.1) is 6.92 Å². The quantitative estimate of drug-likeness (QED) is 0.321. The van der Waals surface area contributed by atoms with Crippen LogP contribution in [0.3, 0.4) is 0 Å². The first-order valence-electron chi connectivity index (χ1n) is 10.8. The molecule has 7 heteroatoms. The Morgan fingerprint density at radius 3 is 2.82 bits per heavy atom. The largest absolute Gasteiger partial charge is 0.491 e. The average molecular weight is 474 g/mol. The van der Waals surface area contributed by atoms with Crippen LogP contribution >= 0.6 is 22.9 Å². The molecule has 0 atom stereocenters. The van der Waals surface area contributed by atoms with Gasteiger partial charge in [-0.05, 0) is 48.4 Å². The molecule has 5 nitrogen and oxygen atoms in total. The molecule has 0 saturated heterocycles. The minimum atomic E-state index is -0.0588. The number of carbonyl (C=O) groups is 1. The number of aromatic nitrogens is 2. The molecule has 3 heterocycles. The summed E-state index contributed by atoms with van der Waals surface area (Å²) in [6.45, 7) is 3.37. The number of hydrogen-bond acceptors (Lipinski definition) is 4. The van der Waals surface area contributed by atoms with Crippen LogP contribution in [-0.2, 0) is 6.54 Å². The molecule has 0 spiro atoms. The molecule has 1 N–H and O–H groups in total. The van der Waals surface area contributed by atoms with Gasteiger partial charge in [-0.1, -0.05) is 41.9 Å². The van der Waals surface area contributed by atoms with Crippen LogP contribution in [0.4, 0.5) is 0 Å². The topological polar surface area (TPSA) is 58.2 Å². The summed E-state index contributed by atoms with van der Waals surface area (Å²) in [5, 5.41) is 1.45. The van der Waals surface area contributed by atoms with Crippen molar-refractivity contribution in [3.63, 3.8) is 0 Å². The van der Waals surface area contributed by atoms with Gasteiger partial charge in [-0.25, -0.2) is 4.98 Å². The highest BCUT2D eigenvalue weighted by molar-refractivity contribution is 7.21. The van der Waals surface area contributed by atoms with Crippen molar-refractivity contribution < 1.29 is 9.53 Å². The lowest BCUT2D eigenvalue weighted by atomic mass is 10.0. The fraction of sp³-hybridized carbons (Fsp3) is 0.154. The molecule has 1 aliphatic heterocycles. The van der Waals surface area contributed by atoms with Gasteiger partial charge in [-0.3, -0.25) is 4.79 Å². The summed E-state index contributed by atoms with van der Waals surface area (Å²) in [5.41, 5.74) is 5.08. The van der Waals surface area contributed by atoms with Gasteiger partial charge in [0.15, 0.2) is 0 Å². The van der Waals surface area contributed by atoms with Crippen molar-refractivity contribution in [3.8, 4) is 16.9 Å². The van der Waals surface area contributed by atoms with E-state index in [-0.39, 0.29) is 5.91 Å². The second-order valence-electron chi connectivity index (χ2n) is 8.19. The zero-order chi connectivity index (χ0) is 22.5. The summed E-state index contributed by atoms with van der Waals surface area (Å²) in [6, 6.07) is 20.2. The molecule has 0 saturated carbocycles. The van der Waals surface area contributed by atoms with E-state index in [2.05, 4.69) is 34.2 Å². The number of aryl methyl sites for hydroxylation is 1. The highest BCUT2D eigenvalue weighted by atomic mass is 35.5. The van der Waals surface area contributed by atoms with Gasteiger partial charge in [0, 0.05) is 22.2 Å². The molecule has 3 aromatic carbocycles. The molecule has 2 aromatic heterocycles. The van der Waals surface area contributed by atoms with E-state index in [4.69, 9.17) is 16.3 Å². The van der Waals surface area contributed by atoms with E-state index in [9.17, 15) is 4.79 Å². The zero-order valence-corrected chi connectivity index (χ0v) is 19.5. The normalized spacial score (nSPS) is 13.7. The van der Waals surface area contributed by atoms with Crippen LogP contribution in [0.15, 0.2) is 60.7 Å². The maximum absolute atomic E-state index is 13.4. The van der Waals surface area contributed by atoms with E-state index < -0.39 is 0 Å². The molecule has 33 heavy (non-hydrogen) atoms. The van der Waals surface area contributed by atoms with Gasteiger partial charge in [0.1, 0.15) is 23.1 Å². The maximum atomic E-state index is 13.4. The zero-order valence-electron chi connectivity index (χ0n) is 17.9. The monoisotopic (exact) mass is 473 g/mol. The molecule has 1 aliphatic rings. The molecule has 0 aliphatic carbocycles. The lowest BCUT2D eigenvalue weighted by Gasteiger charge is -2.19. The van der Waals surface area contributed by atoms with E-state index in [0.717, 1.165) is 49.4 Å². The Morgan fingerprint density at radius 2 is 1.94 bits per heavy atom. The third-order valence-corrected chi connectivity index (χ3v) is 7.66. The number of aromatic amines is 1. The van der Waals surface area contributed by atoms with Crippen LogP contribution in [0.1, 0.15) is 21.1 Å². The highest BCUT2D eigenvalue weighted by Crippen LogP contribution is 2.37. The van der Waals surface area contributed by atoms with Crippen LogP contribution in [0.5, 0.6) is 5.75 Å². The van der Waals surface area contributed by atoms with Gasteiger partial charge >= 0.3 is 0 Å². The molecule has 0 fully saturated rings. The third kappa shape index (κ3) is 3.56. The number of nitrogens with one attached hydrogen (secondary N) is 1. The van der Waals surface area contributed by atoms with Crippen molar-refractivity contribution in [3.05, 3.63) is 82.0 Å². The molecule has 6 rings (SSSR count). The Morgan fingerprint density at radius 1 is 1.12 bits per heavy atom. The Balaban J connectivity index is 1.34. The summed E-state index contributed by atoms with van der Waals surface area (Å²) in [5.74, 6) is 1.65. The average Bonchev–Trinajstić information content (AvgIpc) is 3.28. The minimum absolute atomic E-state index is 0.0588. The van der Waals surface area contributed by atoms with E-state index in [0.29, 0.717) is 29.6 Å². The lowest BCUT2D eigenvalue weighted by Crippen LogP contribution is -2.32. The van der Waals surface area contributed by atoms with Crippen LogP contribution in [0.25, 0.3) is 32.2 Å². The van der Waals surface area contributed by atoms with E-state index in [1.165, 1.54) is 11.3 Å². The summed E-state index contributed by atoms with van der Waals surface area (Å²) in [6.07, 6.45) is 0. The number of H-pyrrole nitrogens is 1. The number of hydrogen-bond donors (Lipinski definition) is 1. The molecule has 164 valence electrons. The van der Waals surface area contributed by atoms with Gasteiger partial charge in [0.2, 0.25) is 0 Å². The fourth-order valence-corrected chi connectivity index (χ4v) is 5.84. The van der Waals surface area contributed by atoms with E-state index in [1.54, 1.807) is 0 Å². The van der Waals surface area contributed by atoms with Crippen molar-refractivity contribution in [2.24, 2.45) is 0 Å². The second kappa shape index (κ2) is 7.90. The maximum Gasteiger partial charge on any atom is 0.265 e. The van der Waals surface area contributed by atoms with Gasteiger partial charge in [0.05, 0.1) is 22.6 Å². The van der Waals surface area contributed by atoms with E-state index in [1.807, 2.05) is 48.2 Å². The number of carbonyl (C=O) groups excluding carboxylic acids is 1. The molecule has 0 unspecified atom stereocenters. The van der Waals surface area contributed by atoms with Crippen molar-refractivity contribution in [2.45, 2.75) is 13.5 Å². The predicted octanol–water partition coefficient (Wildman–Crippen LogP) is 6.44. The van der Waals surface area contributed by atoms with Gasteiger partial charge in [-0.15, -0.1) is 11.3 Å². The summed E-state index contributed by atoms with van der Waals surface area (Å²) in [4.78, 5) is 23.7. The van der Waals surface area contributed by atoms with Crippen LogP contribution in [-0.4, -0.2) is 33.9 Å². The number of nitrogens with zero attached hydrogens (tertiary/aromatic N) is 2. The van der Waals surface area contributed by atoms with Crippen LogP contribution < -0.4 is 4.74 Å². The number of fused-ring (bicyclic) bond motifs is 3. The SMILES string of the molecule is Cc1nc2cc(-c3ccc4c(c3)CN(C(=O)c3sc5ccccc5c3Cl)CCO4)ccc2[nH]1. The Kier molecular flexibility index (Phi) is 4.85. The van der Waals surface area contributed by atoms with Crippen LogP contribution in [0.2, 0.25) is 5.02 Å². The molecule has 1 amide bonds. The third-order valence-electron chi connectivity index (χ3n) is 5.99.